The number of benzene rings is 2. The Morgan fingerprint density at radius 1 is 1.19 bits per heavy atom. The Morgan fingerprint density at radius 2 is 2.00 bits per heavy atom. The van der Waals surface area contributed by atoms with E-state index in [9.17, 15) is 9.59 Å². The molecule has 0 bridgehead atoms. The fourth-order valence-corrected chi connectivity index (χ4v) is 4.01. The van der Waals surface area contributed by atoms with Crippen LogP contribution in [0.4, 0.5) is 5.69 Å². The predicted octanol–water partition coefficient (Wildman–Crippen LogP) is 1.44. The Hall–Kier alpha value is -3.19. The number of anilines is 1. The Bertz CT molecular complexity index is 1040. The Kier molecular flexibility index (Phi) is 3.51. The minimum atomic E-state index is -0.496. The number of para-hydroxylation sites is 1. The van der Waals surface area contributed by atoms with Crippen molar-refractivity contribution in [2.75, 3.05) is 18.4 Å². The molecule has 0 saturated carbocycles. The average Bonchev–Trinajstić information content (AvgIpc) is 3.23. The highest BCUT2D eigenvalue weighted by Gasteiger charge is 2.54. The Labute approximate surface area is 155 Å². The van der Waals surface area contributed by atoms with E-state index in [1.165, 1.54) is 0 Å². The summed E-state index contributed by atoms with van der Waals surface area (Å²) in [6, 6.07) is 15.1. The molecule has 136 valence electrons. The monoisotopic (exact) mass is 361 g/mol. The molecule has 3 heterocycles. The van der Waals surface area contributed by atoms with Crippen molar-refractivity contribution in [2.45, 2.75) is 12.5 Å². The minimum Gasteiger partial charge on any atom is -0.344 e. The fourth-order valence-electron chi connectivity index (χ4n) is 4.01. The number of hydrogen-bond acceptors (Lipinski definition) is 4. The summed E-state index contributed by atoms with van der Waals surface area (Å²) < 4.78 is 2.01. The van der Waals surface area contributed by atoms with Crippen LogP contribution in [-0.2, 0) is 9.59 Å². The van der Waals surface area contributed by atoms with Gasteiger partial charge < -0.3 is 16.0 Å². The number of imidazole rings is 1. The molecule has 0 radical (unpaired) electrons. The highest BCUT2D eigenvalue weighted by atomic mass is 16.2. The van der Waals surface area contributed by atoms with Crippen LogP contribution in [0.15, 0.2) is 54.9 Å². The van der Waals surface area contributed by atoms with Gasteiger partial charge in [-0.3, -0.25) is 14.2 Å². The summed E-state index contributed by atoms with van der Waals surface area (Å²) in [6.07, 6.45) is 2.18. The summed E-state index contributed by atoms with van der Waals surface area (Å²) in [7, 11) is 0. The number of hydrogen-bond donors (Lipinski definition) is 3. The van der Waals surface area contributed by atoms with Crippen molar-refractivity contribution in [1.82, 2.24) is 20.2 Å². The number of fused-ring (bicyclic) bond motifs is 1. The van der Waals surface area contributed by atoms with Crippen molar-refractivity contribution in [3.8, 4) is 5.69 Å². The second kappa shape index (κ2) is 5.92. The second-order valence-corrected chi connectivity index (χ2v) is 7.29. The lowest BCUT2D eigenvalue weighted by atomic mass is 9.74. The summed E-state index contributed by atoms with van der Waals surface area (Å²) in [5.74, 6) is -0.238. The van der Waals surface area contributed by atoms with Crippen LogP contribution in [0.5, 0.6) is 0 Å². The normalized spacial score (nSPS) is 20.4. The van der Waals surface area contributed by atoms with E-state index < -0.39 is 6.04 Å². The SMILES string of the molecule is O=C1CC2(CNC2)C(C(=O)Nc2ccc3c(c2)ncn3-c2ccccc2)N1. The molecule has 7 heteroatoms. The molecule has 27 heavy (non-hydrogen) atoms. The van der Waals surface area contributed by atoms with Gasteiger partial charge in [-0.1, -0.05) is 18.2 Å². The summed E-state index contributed by atoms with van der Waals surface area (Å²) in [5.41, 5.74) is 3.18. The van der Waals surface area contributed by atoms with Gasteiger partial charge in [0.25, 0.3) is 0 Å². The molecule has 2 aliphatic rings. The smallest absolute Gasteiger partial charge is 0.247 e. The molecule has 0 aliphatic carbocycles. The lowest BCUT2D eigenvalue weighted by Gasteiger charge is -2.41. The number of rotatable bonds is 3. The average molecular weight is 361 g/mol. The van der Waals surface area contributed by atoms with Gasteiger partial charge in [-0.2, -0.15) is 0 Å². The first-order chi connectivity index (χ1) is 13.1. The van der Waals surface area contributed by atoms with E-state index in [4.69, 9.17) is 0 Å². The number of nitrogens with one attached hydrogen (secondary N) is 3. The summed E-state index contributed by atoms with van der Waals surface area (Å²) in [5, 5.41) is 8.93. The van der Waals surface area contributed by atoms with Gasteiger partial charge in [0.2, 0.25) is 11.8 Å². The van der Waals surface area contributed by atoms with Crippen LogP contribution in [0, 0.1) is 5.41 Å². The van der Waals surface area contributed by atoms with E-state index in [-0.39, 0.29) is 17.2 Å². The molecule has 3 N–H and O–H groups in total. The molecule has 1 atom stereocenters. The van der Waals surface area contributed by atoms with Crippen LogP contribution in [0.2, 0.25) is 0 Å². The molecule has 2 saturated heterocycles. The van der Waals surface area contributed by atoms with Gasteiger partial charge in [0.1, 0.15) is 12.4 Å². The van der Waals surface area contributed by atoms with E-state index >= 15 is 0 Å². The first kappa shape index (κ1) is 16.0. The van der Waals surface area contributed by atoms with E-state index in [2.05, 4.69) is 20.9 Å². The zero-order chi connectivity index (χ0) is 18.4. The topological polar surface area (TPSA) is 88.1 Å². The molecular formula is C20H19N5O2. The minimum absolute atomic E-state index is 0.0614. The van der Waals surface area contributed by atoms with E-state index in [1.807, 2.05) is 53.1 Å². The summed E-state index contributed by atoms with van der Waals surface area (Å²) >= 11 is 0. The van der Waals surface area contributed by atoms with Crippen molar-refractivity contribution in [1.29, 1.82) is 0 Å². The molecule has 2 fully saturated rings. The van der Waals surface area contributed by atoms with E-state index in [1.54, 1.807) is 6.33 Å². The third kappa shape index (κ3) is 2.59. The molecule has 1 spiro atoms. The number of carbonyl (C=O) groups is 2. The van der Waals surface area contributed by atoms with Crippen molar-refractivity contribution in [3.63, 3.8) is 0 Å². The van der Waals surface area contributed by atoms with Gasteiger partial charge in [-0.15, -0.1) is 0 Å². The number of aromatic nitrogens is 2. The molecule has 2 aliphatic heterocycles. The molecule has 3 aromatic rings. The van der Waals surface area contributed by atoms with E-state index in [0.717, 1.165) is 16.7 Å². The molecule has 5 rings (SSSR count). The maximum absolute atomic E-state index is 12.8. The molecule has 1 aromatic heterocycles. The van der Waals surface area contributed by atoms with Gasteiger partial charge in [-0.05, 0) is 30.3 Å². The number of amides is 2. The zero-order valence-corrected chi connectivity index (χ0v) is 14.6. The molecule has 7 nitrogen and oxygen atoms in total. The predicted molar refractivity (Wildman–Crippen MR) is 102 cm³/mol. The first-order valence-electron chi connectivity index (χ1n) is 8.98. The van der Waals surface area contributed by atoms with Gasteiger partial charge in [0.15, 0.2) is 0 Å². The highest BCUT2D eigenvalue weighted by molar-refractivity contribution is 6.01. The van der Waals surface area contributed by atoms with E-state index in [0.29, 0.717) is 25.2 Å². The molecule has 1 unspecified atom stereocenters. The third-order valence-corrected chi connectivity index (χ3v) is 5.50. The van der Waals surface area contributed by atoms with Crippen LogP contribution in [0.1, 0.15) is 6.42 Å². The number of carbonyl (C=O) groups excluding carboxylic acids is 2. The zero-order valence-electron chi connectivity index (χ0n) is 14.6. The van der Waals surface area contributed by atoms with Crippen LogP contribution in [0.3, 0.4) is 0 Å². The van der Waals surface area contributed by atoms with Crippen molar-refractivity contribution in [3.05, 3.63) is 54.9 Å². The number of nitrogens with zero attached hydrogens (tertiary/aromatic N) is 2. The van der Waals surface area contributed by atoms with Crippen molar-refractivity contribution in [2.24, 2.45) is 5.41 Å². The molecule has 2 aromatic carbocycles. The van der Waals surface area contributed by atoms with Crippen LogP contribution >= 0.6 is 0 Å². The van der Waals surface area contributed by atoms with Crippen LogP contribution < -0.4 is 16.0 Å². The van der Waals surface area contributed by atoms with Gasteiger partial charge in [0.05, 0.1) is 11.0 Å². The fraction of sp³-hybridized carbons (Fsp3) is 0.250. The summed E-state index contributed by atoms with van der Waals surface area (Å²) in [4.78, 5) is 29.0. The quantitative estimate of drug-likeness (QED) is 0.659. The summed E-state index contributed by atoms with van der Waals surface area (Å²) in [6.45, 7) is 1.37. The molecular weight excluding hydrogens is 342 g/mol. The van der Waals surface area contributed by atoms with Crippen LogP contribution in [0.25, 0.3) is 16.7 Å². The second-order valence-electron chi connectivity index (χ2n) is 7.29. The highest BCUT2D eigenvalue weighted by Crippen LogP contribution is 2.36. The van der Waals surface area contributed by atoms with Gasteiger partial charge >= 0.3 is 0 Å². The molecule has 2 amide bonds. The standard InChI is InChI=1S/C20H19N5O2/c26-17-9-20(10-21-11-20)18(24-17)19(27)23-13-6-7-16-15(8-13)22-12-25(16)14-4-2-1-3-5-14/h1-8,12,18,21H,9-11H2,(H,23,27)(H,24,26). The van der Waals surface area contributed by atoms with Crippen LogP contribution in [-0.4, -0.2) is 40.5 Å². The Balaban J connectivity index is 1.40. The lowest BCUT2D eigenvalue weighted by molar-refractivity contribution is -0.123. The first-order valence-corrected chi connectivity index (χ1v) is 8.98. The van der Waals surface area contributed by atoms with Crippen molar-refractivity contribution < 1.29 is 9.59 Å². The van der Waals surface area contributed by atoms with Gasteiger partial charge in [0, 0.05) is 36.3 Å². The van der Waals surface area contributed by atoms with Gasteiger partial charge in [-0.25, -0.2) is 4.98 Å². The lowest BCUT2D eigenvalue weighted by Crippen LogP contribution is -2.62. The largest absolute Gasteiger partial charge is 0.344 e. The Morgan fingerprint density at radius 3 is 2.74 bits per heavy atom. The maximum Gasteiger partial charge on any atom is 0.247 e. The maximum atomic E-state index is 12.8. The third-order valence-electron chi connectivity index (χ3n) is 5.50. The van der Waals surface area contributed by atoms with Crippen molar-refractivity contribution >= 4 is 28.5 Å².